The van der Waals surface area contributed by atoms with Crippen molar-refractivity contribution in [2.24, 2.45) is 0 Å². The number of aryl methyl sites for hydroxylation is 1. The summed E-state index contributed by atoms with van der Waals surface area (Å²) in [5.74, 6) is 0. The molecule has 0 aliphatic rings. The van der Waals surface area contributed by atoms with E-state index in [9.17, 15) is 0 Å². The van der Waals surface area contributed by atoms with Gasteiger partial charge >= 0.3 is 0 Å². The fraction of sp³-hybridized carbons (Fsp3) is 0.250. The van der Waals surface area contributed by atoms with Gasteiger partial charge in [0, 0.05) is 18.3 Å². The smallest absolute Gasteiger partial charge is 0.0953 e. The van der Waals surface area contributed by atoms with Crippen molar-refractivity contribution in [2.45, 2.75) is 20.1 Å². The van der Waals surface area contributed by atoms with Gasteiger partial charge in [-0.05, 0) is 12.5 Å². The molecule has 0 fully saturated rings. The summed E-state index contributed by atoms with van der Waals surface area (Å²) in [6.07, 6.45) is 3.85. The normalized spacial score (nSPS) is 10.5. The topological polar surface area (TPSA) is 38.0 Å². The molecule has 0 atom stereocenters. The molecular formula is C12H14N2O. The number of imidazole rings is 1. The predicted molar refractivity (Wildman–Crippen MR) is 59.3 cm³/mol. The van der Waals surface area contributed by atoms with Gasteiger partial charge in [0.05, 0.1) is 18.6 Å². The van der Waals surface area contributed by atoms with Crippen LogP contribution in [0.2, 0.25) is 0 Å². The molecule has 2 aromatic rings. The third-order valence-corrected chi connectivity index (χ3v) is 2.43. The minimum absolute atomic E-state index is 0.0870. The predicted octanol–water partition coefficient (Wildman–Crippen LogP) is 2.06. The van der Waals surface area contributed by atoms with Gasteiger partial charge < -0.3 is 9.67 Å². The molecule has 15 heavy (non-hydrogen) atoms. The van der Waals surface area contributed by atoms with E-state index in [1.54, 1.807) is 0 Å². The summed E-state index contributed by atoms with van der Waals surface area (Å²) >= 11 is 0. The first kappa shape index (κ1) is 9.93. The van der Waals surface area contributed by atoms with Crippen LogP contribution in [0.4, 0.5) is 0 Å². The fourth-order valence-electron chi connectivity index (χ4n) is 1.46. The molecular weight excluding hydrogens is 188 g/mol. The van der Waals surface area contributed by atoms with Gasteiger partial charge in [0.1, 0.15) is 0 Å². The Hall–Kier alpha value is -1.61. The van der Waals surface area contributed by atoms with Crippen LogP contribution in [0.5, 0.6) is 0 Å². The summed E-state index contributed by atoms with van der Waals surface area (Å²) in [5.41, 5.74) is 2.98. The van der Waals surface area contributed by atoms with Crippen molar-refractivity contribution >= 4 is 0 Å². The van der Waals surface area contributed by atoms with Crippen LogP contribution in [0.15, 0.2) is 36.8 Å². The van der Waals surface area contributed by atoms with E-state index in [1.807, 2.05) is 41.4 Å². The summed E-state index contributed by atoms with van der Waals surface area (Å²) in [6.45, 7) is 3.10. The third-order valence-electron chi connectivity index (χ3n) is 2.43. The Morgan fingerprint density at radius 1 is 1.27 bits per heavy atom. The highest BCUT2D eigenvalue weighted by molar-refractivity contribution is 5.58. The molecule has 0 amide bonds. The van der Waals surface area contributed by atoms with Crippen molar-refractivity contribution < 1.29 is 5.11 Å². The van der Waals surface area contributed by atoms with E-state index in [0.29, 0.717) is 0 Å². The lowest BCUT2D eigenvalue weighted by atomic mass is 10.1. The highest BCUT2D eigenvalue weighted by Gasteiger charge is 2.00. The molecule has 0 spiro atoms. The third kappa shape index (κ3) is 2.07. The van der Waals surface area contributed by atoms with Gasteiger partial charge in [-0.25, -0.2) is 4.98 Å². The van der Waals surface area contributed by atoms with Crippen molar-refractivity contribution in [3.63, 3.8) is 0 Å². The maximum Gasteiger partial charge on any atom is 0.0953 e. The van der Waals surface area contributed by atoms with Gasteiger partial charge in [-0.15, -0.1) is 0 Å². The zero-order valence-corrected chi connectivity index (χ0v) is 8.72. The zero-order chi connectivity index (χ0) is 10.7. The van der Waals surface area contributed by atoms with E-state index in [1.165, 1.54) is 0 Å². The Labute approximate surface area is 89.0 Å². The van der Waals surface area contributed by atoms with E-state index in [-0.39, 0.29) is 6.61 Å². The molecule has 0 unspecified atom stereocenters. The Morgan fingerprint density at radius 2 is 2.00 bits per heavy atom. The average Bonchev–Trinajstić information content (AvgIpc) is 2.78. The lowest BCUT2D eigenvalue weighted by Gasteiger charge is -1.98. The van der Waals surface area contributed by atoms with Crippen molar-refractivity contribution in [3.05, 3.63) is 42.4 Å². The molecule has 0 saturated carbocycles. The number of aliphatic hydroxyl groups excluding tert-OH is 1. The Balaban J connectivity index is 2.28. The van der Waals surface area contributed by atoms with Crippen molar-refractivity contribution in [2.75, 3.05) is 0 Å². The van der Waals surface area contributed by atoms with E-state index in [2.05, 4.69) is 11.9 Å². The van der Waals surface area contributed by atoms with Crippen molar-refractivity contribution in [3.8, 4) is 11.3 Å². The molecule has 1 heterocycles. The molecule has 1 aromatic carbocycles. The molecule has 1 aromatic heterocycles. The van der Waals surface area contributed by atoms with Crippen molar-refractivity contribution in [1.82, 2.24) is 9.55 Å². The Bertz CT molecular complexity index is 431. The molecule has 1 N–H and O–H groups in total. The number of hydrogen-bond acceptors (Lipinski definition) is 2. The van der Waals surface area contributed by atoms with Gasteiger partial charge in [-0.1, -0.05) is 24.3 Å². The van der Waals surface area contributed by atoms with Gasteiger partial charge in [-0.2, -0.15) is 0 Å². The lowest BCUT2D eigenvalue weighted by molar-refractivity contribution is 0.282. The Kier molecular flexibility index (Phi) is 2.83. The van der Waals surface area contributed by atoms with Crippen LogP contribution in [0.3, 0.4) is 0 Å². The number of nitrogens with zero attached hydrogens (tertiary/aromatic N) is 2. The first-order valence-electron chi connectivity index (χ1n) is 5.05. The molecule has 0 bridgehead atoms. The monoisotopic (exact) mass is 202 g/mol. The van der Waals surface area contributed by atoms with Gasteiger partial charge in [0.15, 0.2) is 0 Å². The number of aromatic nitrogens is 2. The largest absolute Gasteiger partial charge is 0.392 e. The summed E-state index contributed by atoms with van der Waals surface area (Å²) in [6, 6.07) is 7.79. The highest BCUT2D eigenvalue weighted by Crippen LogP contribution is 2.17. The summed E-state index contributed by atoms with van der Waals surface area (Å²) < 4.78 is 2.04. The number of hydrogen-bond donors (Lipinski definition) is 1. The fourth-order valence-corrected chi connectivity index (χ4v) is 1.46. The summed E-state index contributed by atoms with van der Waals surface area (Å²) in [4.78, 5) is 4.31. The van der Waals surface area contributed by atoms with Gasteiger partial charge in [0.2, 0.25) is 0 Å². The molecule has 3 nitrogen and oxygen atoms in total. The van der Waals surface area contributed by atoms with E-state index in [4.69, 9.17) is 5.11 Å². The second kappa shape index (κ2) is 4.28. The second-order valence-corrected chi connectivity index (χ2v) is 3.44. The molecule has 3 heteroatoms. The van der Waals surface area contributed by atoms with Crippen LogP contribution >= 0.6 is 0 Å². The number of benzene rings is 1. The van der Waals surface area contributed by atoms with Crippen molar-refractivity contribution in [1.29, 1.82) is 0 Å². The van der Waals surface area contributed by atoms with Gasteiger partial charge in [-0.3, -0.25) is 0 Å². The standard InChI is InChI=1S/C12H14N2O/c1-2-14-7-12(13-9-14)11-5-3-10(8-15)4-6-11/h3-7,9,15H,2,8H2,1H3. The lowest BCUT2D eigenvalue weighted by Crippen LogP contribution is -1.87. The Morgan fingerprint density at radius 3 is 2.53 bits per heavy atom. The molecule has 0 aliphatic heterocycles. The SMILES string of the molecule is CCn1cnc(-c2ccc(CO)cc2)c1. The average molecular weight is 202 g/mol. The maximum atomic E-state index is 8.92. The van der Waals surface area contributed by atoms with Crippen LogP contribution in [-0.2, 0) is 13.2 Å². The second-order valence-electron chi connectivity index (χ2n) is 3.44. The summed E-state index contributed by atoms with van der Waals surface area (Å²) in [5, 5.41) is 8.92. The quantitative estimate of drug-likeness (QED) is 0.827. The molecule has 2 rings (SSSR count). The van der Waals surface area contributed by atoms with Crippen LogP contribution in [0.25, 0.3) is 11.3 Å². The number of rotatable bonds is 3. The van der Waals surface area contributed by atoms with Crippen LogP contribution in [-0.4, -0.2) is 14.7 Å². The molecule has 0 saturated heterocycles. The van der Waals surface area contributed by atoms with Gasteiger partial charge in [0.25, 0.3) is 0 Å². The minimum Gasteiger partial charge on any atom is -0.392 e. The van der Waals surface area contributed by atoms with E-state index in [0.717, 1.165) is 23.4 Å². The molecule has 0 radical (unpaired) electrons. The first-order chi connectivity index (χ1) is 7.33. The molecule has 78 valence electrons. The number of aliphatic hydroxyl groups is 1. The van der Waals surface area contributed by atoms with E-state index < -0.39 is 0 Å². The van der Waals surface area contributed by atoms with Crippen LogP contribution in [0, 0.1) is 0 Å². The minimum atomic E-state index is 0.0870. The highest BCUT2D eigenvalue weighted by atomic mass is 16.3. The van der Waals surface area contributed by atoms with E-state index >= 15 is 0 Å². The summed E-state index contributed by atoms with van der Waals surface area (Å²) in [7, 11) is 0. The van der Waals surface area contributed by atoms with Crippen LogP contribution in [0.1, 0.15) is 12.5 Å². The first-order valence-corrected chi connectivity index (χ1v) is 5.05. The zero-order valence-electron chi connectivity index (χ0n) is 8.72. The maximum absolute atomic E-state index is 8.92. The van der Waals surface area contributed by atoms with Crippen LogP contribution < -0.4 is 0 Å². The molecule has 0 aliphatic carbocycles.